The number of allylic oxidation sites excluding steroid dienone is 1. The highest BCUT2D eigenvalue weighted by Gasteiger charge is 2.06. The van der Waals surface area contributed by atoms with Gasteiger partial charge in [-0.1, -0.05) is 12.2 Å². The zero-order valence-electron chi connectivity index (χ0n) is 10.6. The standard InChI is InChI=1S/C14H18N4/c1-2-3-4-7-15-10-13-11-17-18-14(13)12-6-5-8-16-9-12/h2-3,5-6,8-9,11,15H,4,7,10H2,1H3,(H,17,18)/b3-2+. The number of hydrogen-bond acceptors (Lipinski definition) is 3. The summed E-state index contributed by atoms with van der Waals surface area (Å²) in [5.74, 6) is 0. The molecule has 4 nitrogen and oxygen atoms in total. The first-order chi connectivity index (χ1) is 8.92. The Labute approximate surface area is 107 Å². The van der Waals surface area contributed by atoms with Crippen molar-refractivity contribution in [2.45, 2.75) is 19.9 Å². The zero-order chi connectivity index (χ0) is 12.6. The molecule has 2 rings (SSSR count). The van der Waals surface area contributed by atoms with E-state index in [1.807, 2.05) is 31.5 Å². The van der Waals surface area contributed by atoms with Gasteiger partial charge >= 0.3 is 0 Å². The number of nitrogens with zero attached hydrogens (tertiary/aromatic N) is 2. The van der Waals surface area contributed by atoms with E-state index in [0.29, 0.717) is 0 Å². The van der Waals surface area contributed by atoms with Crippen molar-refractivity contribution in [2.75, 3.05) is 6.54 Å². The van der Waals surface area contributed by atoms with Crippen LogP contribution in [0.15, 0.2) is 42.9 Å². The second-order valence-electron chi connectivity index (χ2n) is 4.05. The number of aromatic amines is 1. The van der Waals surface area contributed by atoms with E-state index < -0.39 is 0 Å². The van der Waals surface area contributed by atoms with Crippen molar-refractivity contribution in [1.29, 1.82) is 0 Å². The summed E-state index contributed by atoms with van der Waals surface area (Å²) in [7, 11) is 0. The molecule has 2 N–H and O–H groups in total. The second-order valence-corrected chi connectivity index (χ2v) is 4.05. The lowest BCUT2D eigenvalue weighted by atomic mass is 10.1. The third kappa shape index (κ3) is 3.28. The van der Waals surface area contributed by atoms with Gasteiger partial charge in [0.2, 0.25) is 0 Å². The van der Waals surface area contributed by atoms with Crippen LogP contribution in [0, 0.1) is 0 Å². The molecule has 0 aliphatic carbocycles. The van der Waals surface area contributed by atoms with Gasteiger partial charge in [0.05, 0.1) is 11.9 Å². The highest BCUT2D eigenvalue weighted by Crippen LogP contribution is 2.19. The maximum Gasteiger partial charge on any atom is 0.0710 e. The molecule has 0 spiro atoms. The van der Waals surface area contributed by atoms with Crippen molar-refractivity contribution in [3.63, 3.8) is 0 Å². The molecule has 0 bridgehead atoms. The van der Waals surface area contributed by atoms with Crippen LogP contribution >= 0.6 is 0 Å². The van der Waals surface area contributed by atoms with Gasteiger partial charge in [0.15, 0.2) is 0 Å². The number of nitrogens with one attached hydrogen (secondary N) is 2. The van der Waals surface area contributed by atoms with Crippen LogP contribution in [-0.4, -0.2) is 21.7 Å². The maximum atomic E-state index is 4.13. The third-order valence-corrected chi connectivity index (χ3v) is 2.71. The summed E-state index contributed by atoms with van der Waals surface area (Å²) in [6.45, 7) is 3.83. The SMILES string of the molecule is C/C=C/CCNCc1cn[nH]c1-c1cccnc1. The summed E-state index contributed by atoms with van der Waals surface area (Å²) in [5, 5.41) is 10.5. The molecule has 0 aromatic carbocycles. The molecule has 0 saturated heterocycles. The highest BCUT2D eigenvalue weighted by molar-refractivity contribution is 5.61. The van der Waals surface area contributed by atoms with Crippen molar-refractivity contribution in [2.24, 2.45) is 0 Å². The Morgan fingerprint density at radius 1 is 1.39 bits per heavy atom. The van der Waals surface area contributed by atoms with E-state index in [2.05, 4.69) is 32.7 Å². The number of rotatable bonds is 6. The second kappa shape index (κ2) is 6.71. The first kappa shape index (κ1) is 12.5. The fourth-order valence-electron chi connectivity index (χ4n) is 1.78. The molecule has 0 saturated carbocycles. The largest absolute Gasteiger partial charge is 0.312 e. The molecule has 18 heavy (non-hydrogen) atoms. The highest BCUT2D eigenvalue weighted by atomic mass is 15.1. The smallest absolute Gasteiger partial charge is 0.0710 e. The molecule has 0 aliphatic rings. The van der Waals surface area contributed by atoms with Crippen LogP contribution < -0.4 is 5.32 Å². The first-order valence-corrected chi connectivity index (χ1v) is 6.16. The van der Waals surface area contributed by atoms with Gasteiger partial charge in [-0.3, -0.25) is 10.1 Å². The summed E-state index contributed by atoms with van der Waals surface area (Å²) in [6, 6.07) is 3.96. The Balaban J connectivity index is 1.96. The van der Waals surface area contributed by atoms with Crippen LogP contribution in [0.1, 0.15) is 18.9 Å². The van der Waals surface area contributed by atoms with Gasteiger partial charge < -0.3 is 5.32 Å². The molecule has 0 fully saturated rings. The van der Waals surface area contributed by atoms with Crippen molar-refractivity contribution < 1.29 is 0 Å². The van der Waals surface area contributed by atoms with Crippen molar-refractivity contribution in [1.82, 2.24) is 20.5 Å². The van der Waals surface area contributed by atoms with Crippen molar-refractivity contribution >= 4 is 0 Å². The number of aromatic nitrogens is 3. The molecular formula is C14H18N4. The average molecular weight is 242 g/mol. The van der Waals surface area contributed by atoms with Crippen LogP contribution in [0.3, 0.4) is 0 Å². The molecule has 2 aromatic heterocycles. The number of hydrogen-bond donors (Lipinski definition) is 2. The van der Waals surface area contributed by atoms with Crippen molar-refractivity contribution in [3.05, 3.63) is 48.4 Å². The monoisotopic (exact) mass is 242 g/mol. The Hall–Kier alpha value is -1.94. The molecule has 4 heteroatoms. The quantitative estimate of drug-likeness (QED) is 0.604. The molecular weight excluding hydrogens is 224 g/mol. The van der Waals surface area contributed by atoms with E-state index >= 15 is 0 Å². The molecule has 0 radical (unpaired) electrons. The lowest BCUT2D eigenvalue weighted by Crippen LogP contribution is -2.14. The number of pyridine rings is 1. The van der Waals surface area contributed by atoms with Gasteiger partial charge in [0, 0.05) is 30.1 Å². The van der Waals surface area contributed by atoms with E-state index in [1.165, 1.54) is 5.56 Å². The minimum absolute atomic E-state index is 0.818. The minimum atomic E-state index is 0.818. The average Bonchev–Trinajstić information content (AvgIpc) is 2.88. The Morgan fingerprint density at radius 2 is 2.33 bits per heavy atom. The maximum absolute atomic E-state index is 4.13. The summed E-state index contributed by atoms with van der Waals surface area (Å²) in [5.41, 5.74) is 3.28. The first-order valence-electron chi connectivity index (χ1n) is 6.16. The summed E-state index contributed by atoms with van der Waals surface area (Å²) >= 11 is 0. The molecule has 0 atom stereocenters. The molecule has 0 aliphatic heterocycles. The zero-order valence-corrected chi connectivity index (χ0v) is 10.6. The van der Waals surface area contributed by atoms with E-state index in [1.54, 1.807) is 6.20 Å². The third-order valence-electron chi connectivity index (χ3n) is 2.71. The molecule has 2 aromatic rings. The lowest BCUT2D eigenvalue weighted by molar-refractivity contribution is 0.696. The van der Waals surface area contributed by atoms with Crippen molar-refractivity contribution in [3.8, 4) is 11.3 Å². The van der Waals surface area contributed by atoms with Crippen LogP contribution in [0.25, 0.3) is 11.3 Å². The molecule has 0 amide bonds. The van der Waals surface area contributed by atoms with Crippen LogP contribution in [0.5, 0.6) is 0 Å². The van der Waals surface area contributed by atoms with Crippen LogP contribution in [0.2, 0.25) is 0 Å². The van der Waals surface area contributed by atoms with E-state index in [-0.39, 0.29) is 0 Å². The van der Waals surface area contributed by atoms with Gasteiger partial charge in [-0.05, 0) is 32.0 Å². The summed E-state index contributed by atoms with van der Waals surface area (Å²) in [4.78, 5) is 4.13. The number of H-pyrrole nitrogens is 1. The van der Waals surface area contributed by atoms with Gasteiger partial charge in [0.25, 0.3) is 0 Å². The normalized spacial score (nSPS) is 11.2. The van der Waals surface area contributed by atoms with Gasteiger partial charge in [-0.25, -0.2) is 0 Å². The Morgan fingerprint density at radius 3 is 3.11 bits per heavy atom. The molecule has 2 heterocycles. The van der Waals surface area contributed by atoms with E-state index in [4.69, 9.17) is 0 Å². The summed E-state index contributed by atoms with van der Waals surface area (Å²) in [6.07, 6.45) is 10.8. The Kier molecular flexibility index (Phi) is 4.67. The summed E-state index contributed by atoms with van der Waals surface area (Å²) < 4.78 is 0. The van der Waals surface area contributed by atoms with Crippen LogP contribution in [0.4, 0.5) is 0 Å². The minimum Gasteiger partial charge on any atom is -0.312 e. The van der Waals surface area contributed by atoms with E-state index in [0.717, 1.165) is 30.8 Å². The van der Waals surface area contributed by atoms with E-state index in [9.17, 15) is 0 Å². The van der Waals surface area contributed by atoms with Gasteiger partial charge in [-0.2, -0.15) is 5.10 Å². The molecule has 94 valence electrons. The fraction of sp³-hybridized carbons (Fsp3) is 0.286. The Bertz CT molecular complexity index is 488. The topological polar surface area (TPSA) is 53.6 Å². The van der Waals surface area contributed by atoms with Crippen LogP contribution in [-0.2, 0) is 6.54 Å². The van der Waals surface area contributed by atoms with Gasteiger partial charge in [-0.15, -0.1) is 0 Å². The lowest BCUT2D eigenvalue weighted by Gasteiger charge is -2.04. The predicted octanol–water partition coefficient (Wildman–Crippen LogP) is 2.53. The van der Waals surface area contributed by atoms with Gasteiger partial charge in [0.1, 0.15) is 0 Å². The predicted molar refractivity (Wildman–Crippen MR) is 73.0 cm³/mol. The fourth-order valence-corrected chi connectivity index (χ4v) is 1.78. The molecule has 0 unspecified atom stereocenters.